The molecule has 0 unspecified atom stereocenters. The monoisotopic (exact) mass is 414 g/mol. The van der Waals surface area contributed by atoms with Crippen LogP contribution in [0.4, 0.5) is 14.9 Å². The summed E-state index contributed by atoms with van der Waals surface area (Å²) in [4.78, 5) is 24.9. The Labute approximate surface area is 172 Å². The molecule has 9 heteroatoms. The number of carbonyl (C=O) groups excluding carboxylic acids is 1. The smallest absolute Gasteiger partial charge is 0.411 e. The lowest BCUT2D eigenvalue weighted by Crippen LogP contribution is -2.21. The van der Waals surface area contributed by atoms with Crippen LogP contribution in [0, 0.1) is 0 Å². The van der Waals surface area contributed by atoms with Crippen LogP contribution in [-0.2, 0) is 11.8 Å². The van der Waals surface area contributed by atoms with Crippen LogP contribution in [0.25, 0.3) is 16.8 Å². The highest BCUT2D eigenvalue weighted by Gasteiger charge is 2.15. The van der Waals surface area contributed by atoms with E-state index in [1.165, 1.54) is 10.6 Å². The maximum absolute atomic E-state index is 12.7. The number of carbonyl (C=O) groups is 1. The Morgan fingerprint density at radius 1 is 1.23 bits per heavy atom. The molecule has 2 heterocycles. The number of aromatic nitrogens is 3. The van der Waals surface area contributed by atoms with Crippen molar-refractivity contribution in [3.05, 3.63) is 59.3 Å². The highest BCUT2D eigenvalue weighted by molar-refractivity contribution is 5.91. The summed E-state index contributed by atoms with van der Waals surface area (Å²) in [6.45, 7) is 1.37. The number of nitrogens with zero attached hydrogens (tertiary/aromatic N) is 3. The Kier molecular flexibility index (Phi) is 6.84. The first kappa shape index (κ1) is 21.1. The predicted octanol–water partition coefficient (Wildman–Crippen LogP) is 3.89. The molecule has 2 aromatic heterocycles. The van der Waals surface area contributed by atoms with Crippen LogP contribution >= 0.6 is 0 Å². The van der Waals surface area contributed by atoms with Crippen LogP contribution in [0.15, 0.2) is 53.7 Å². The van der Waals surface area contributed by atoms with E-state index in [0.717, 1.165) is 12.8 Å². The van der Waals surface area contributed by atoms with E-state index in [0.29, 0.717) is 34.9 Å². The van der Waals surface area contributed by atoms with E-state index < -0.39 is 13.0 Å². The second-order valence-electron chi connectivity index (χ2n) is 6.57. The molecule has 0 atom stereocenters. The van der Waals surface area contributed by atoms with Gasteiger partial charge < -0.3 is 9.47 Å². The summed E-state index contributed by atoms with van der Waals surface area (Å²) in [6, 6.07) is 7.76. The largest absolute Gasteiger partial charge is 0.463 e. The Balaban J connectivity index is 1.98. The van der Waals surface area contributed by atoms with E-state index in [2.05, 4.69) is 10.4 Å². The Morgan fingerprint density at radius 3 is 2.63 bits per heavy atom. The molecule has 0 fully saturated rings. The molecule has 0 aliphatic carbocycles. The highest BCUT2D eigenvalue weighted by Crippen LogP contribution is 2.27. The van der Waals surface area contributed by atoms with Crippen molar-refractivity contribution in [1.29, 1.82) is 0 Å². The van der Waals surface area contributed by atoms with Crippen molar-refractivity contribution in [3.63, 3.8) is 0 Å². The number of amides is 1. The Bertz CT molecular complexity index is 1060. The van der Waals surface area contributed by atoms with Crippen molar-refractivity contribution in [2.24, 2.45) is 7.05 Å². The van der Waals surface area contributed by atoms with Gasteiger partial charge >= 0.3 is 6.09 Å². The molecule has 1 N–H and O–H groups in total. The standard InChI is InChI=1S/C21H23FN4O4/c1-3-4-9-29-21(28)24-19-10-20(27)26(13-18(19)15-11-23-25(2)12-15)16-5-7-17(8-6-16)30-14-22/h5-8,10-13H,3-4,9,14H2,1-2H3,(H,24,28). The van der Waals surface area contributed by atoms with Crippen LogP contribution in [-0.4, -0.2) is 33.9 Å². The number of alkyl halides is 1. The average molecular weight is 414 g/mol. The van der Waals surface area contributed by atoms with Crippen molar-refractivity contribution in [2.75, 3.05) is 18.8 Å². The number of hydrogen-bond acceptors (Lipinski definition) is 5. The van der Waals surface area contributed by atoms with Crippen molar-refractivity contribution in [1.82, 2.24) is 14.3 Å². The molecule has 158 valence electrons. The van der Waals surface area contributed by atoms with Gasteiger partial charge in [0.15, 0.2) is 0 Å². The van der Waals surface area contributed by atoms with Crippen molar-refractivity contribution < 1.29 is 18.7 Å². The molecule has 1 aromatic carbocycles. The molecule has 0 saturated heterocycles. The summed E-state index contributed by atoms with van der Waals surface area (Å²) in [7, 11) is 1.77. The topological polar surface area (TPSA) is 87.4 Å². The van der Waals surface area contributed by atoms with Crippen LogP contribution in [0.3, 0.4) is 0 Å². The van der Waals surface area contributed by atoms with E-state index in [1.807, 2.05) is 6.92 Å². The number of pyridine rings is 1. The number of aryl methyl sites for hydroxylation is 1. The number of halogens is 1. The summed E-state index contributed by atoms with van der Waals surface area (Å²) < 4.78 is 25.3. The first-order valence-electron chi connectivity index (χ1n) is 9.50. The lowest BCUT2D eigenvalue weighted by atomic mass is 10.1. The van der Waals surface area contributed by atoms with Crippen molar-refractivity contribution in [2.45, 2.75) is 19.8 Å². The van der Waals surface area contributed by atoms with Crippen LogP contribution in [0.1, 0.15) is 19.8 Å². The molecule has 0 saturated carbocycles. The third-order valence-corrected chi connectivity index (χ3v) is 4.37. The molecule has 0 radical (unpaired) electrons. The van der Waals surface area contributed by atoms with E-state index in [1.54, 1.807) is 54.6 Å². The van der Waals surface area contributed by atoms with Gasteiger partial charge in [0.25, 0.3) is 5.56 Å². The van der Waals surface area contributed by atoms with Gasteiger partial charge in [0.1, 0.15) is 5.75 Å². The fraction of sp³-hybridized carbons (Fsp3) is 0.286. The molecule has 0 spiro atoms. The van der Waals surface area contributed by atoms with E-state index in [4.69, 9.17) is 9.47 Å². The first-order chi connectivity index (χ1) is 14.5. The molecule has 1 amide bonds. The van der Waals surface area contributed by atoms with Crippen molar-refractivity contribution >= 4 is 11.8 Å². The zero-order valence-corrected chi connectivity index (χ0v) is 16.8. The first-order valence-corrected chi connectivity index (χ1v) is 9.50. The van der Waals surface area contributed by atoms with Gasteiger partial charge in [-0.3, -0.25) is 19.4 Å². The minimum atomic E-state index is -0.931. The molecule has 0 aliphatic heterocycles. The maximum Gasteiger partial charge on any atom is 0.411 e. The predicted molar refractivity (Wildman–Crippen MR) is 111 cm³/mol. The van der Waals surface area contributed by atoms with Gasteiger partial charge in [0.05, 0.1) is 18.5 Å². The quantitative estimate of drug-likeness (QED) is 0.565. The van der Waals surface area contributed by atoms with Gasteiger partial charge in [0, 0.05) is 42.3 Å². The minimum Gasteiger partial charge on any atom is -0.463 e. The van der Waals surface area contributed by atoms with Gasteiger partial charge in [-0.1, -0.05) is 13.3 Å². The summed E-state index contributed by atoms with van der Waals surface area (Å²) >= 11 is 0. The second-order valence-corrected chi connectivity index (χ2v) is 6.57. The molecule has 0 bridgehead atoms. The number of nitrogens with one attached hydrogen (secondary N) is 1. The number of hydrogen-bond donors (Lipinski definition) is 1. The normalized spacial score (nSPS) is 10.6. The van der Waals surface area contributed by atoms with Gasteiger partial charge in [0.2, 0.25) is 6.86 Å². The lowest BCUT2D eigenvalue weighted by Gasteiger charge is -2.14. The summed E-state index contributed by atoms with van der Waals surface area (Å²) in [5.74, 6) is 0.356. The number of anilines is 1. The minimum absolute atomic E-state index is 0.301. The van der Waals surface area contributed by atoms with E-state index >= 15 is 0 Å². The summed E-state index contributed by atoms with van der Waals surface area (Å²) in [5, 5.41) is 6.81. The van der Waals surface area contributed by atoms with Crippen molar-refractivity contribution in [3.8, 4) is 22.6 Å². The number of ether oxygens (including phenoxy) is 2. The SMILES string of the molecule is CCCCOC(=O)Nc1cc(=O)n(-c2ccc(OCF)cc2)cc1-c1cnn(C)c1. The third-order valence-electron chi connectivity index (χ3n) is 4.37. The summed E-state index contributed by atoms with van der Waals surface area (Å²) in [5.41, 5.74) is 1.84. The van der Waals surface area contributed by atoms with Gasteiger partial charge in [-0.15, -0.1) is 0 Å². The molecule has 3 rings (SSSR count). The van der Waals surface area contributed by atoms with Gasteiger partial charge in [-0.25, -0.2) is 9.18 Å². The molecule has 3 aromatic rings. The third kappa shape index (κ3) is 5.05. The van der Waals surface area contributed by atoms with Crippen LogP contribution in [0.5, 0.6) is 5.75 Å². The number of benzene rings is 1. The molecule has 30 heavy (non-hydrogen) atoms. The Morgan fingerprint density at radius 2 is 2.00 bits per heavy atom. The number of unbranched alkanes of at least 4 members (excludes halogenated alkanes) is 1. The zero-order valence-electron chi connectivity index (χ0n) is 16.8. The van der Waals surface area contributed by atoms with Crippen LogP contribution in [0.2, 0.25) is 0 Å². The fourth-order valence-electron chi connectivity index (χ4n) is 2.85. The second kappa shape index (κ2) is 9.73. The molecular formula is C21H23FN4O4. The van der Waals surface area contributed by atoms with Gasteiger partial charge in [-0.05, 0) is 30.7 Å². The molecular weight excluding hydrogens is 391 g/mol. The fourth-order valence-corrected chi connectivity index (χ4v) is 2.85. The van der Waals surface area contributed by atoms with E-state index in [9.17, 15) is 14.0 Å². The highest BCUT2D eigenvalue weighted by atomic mass is 19.1. The average Bonchev–Trinajstić information content (AvgIpc) is 3.15. The molecule has 8 nitrogen and oxygen atoms in total. The lowest BCUT2D eigenvalue weighted by molar-refractivity contribution is 0.160. The molecule has 0 aliphatic rings. The zero-order chi connectivity index (χ0) is 21.5. The van der Waals surface area contributed by atoms with Crippen LogP contribution < -0.4 is 15.6 Å². The number of rotatable bonds is 8. The summed E-state index contributed by atoms with van der Waals surface area (Å²) in [6.07, 6.45) is 6.06. The maximum atomic E-state index is 12.7. The van der Waals surface area contributed by atoms with E-state index in [-0.39, 0.29) is 5.56 Å². The van der Waals surface area contributed by atoms with Gasteiger partial charge in [-0.2, -0.15) is 5.10 Å². The Hall–Kier alpha value is -3.62.